The van der Waals surface area contributed by atoms with Gasteiger partial charge in [0.25, 0.3) is 0 Å². The Morgan fingerprint density at radius 1 is 0.703 bits per heavy atom. The molecule has 0 spiro atoms. The number of hydrogen-bond donors (Lipinski definition) is 3. The number of carboxylic acids is 1. The maximum Gasteiger partial charge on any atom is 0.322 e. The summed E-state index contributed by atoms with van der Waals surface area (Å²) in [4.78, 5) is 39.0. The maximum atomic E-state index is 14.1. The molecule has 3 N–H and O–H groups in total. The first kappa shape index (κ1) is 23.0. The first-order chi connectivity index (χ1) is 17.9. The second-order valence-electron chi connectivity index (χ2n) is 12.5. The summed E-state index contributed by atoms with van der Waals surface area (Å²) in [6.07, 6.45) is 7.72. The predicted molar refractivity (Wildman–Crippen MR) is 138 cm³/mol. The van der Waals surface area contributed by atoms with Crippen molar-refractivity contribution in [2.24, 2.45) is 35.0 Å². The molecule has 0 unspecified atom stereocenters. The molecule has 6 heteroatoms. The van der Waals surface area contributed by atoms with Gasteiger partial charge in [0.1, 0.15) is 6.54 Å². The van der Waals surface area contributed by atoms with E-state index >= 15 is 0 Å². The van der Waals surface area contributed by atoms with Crippen molar-refractivity contribution in [1.82, 2.24) is 10.6 Å². The number of hydrogen-bond acceptors (Lipinski definition) is 3. The summed E-state index contributed by atoms with van der Waals surface area (Å²) in [5.74, 6) is -0.801. The van der Waals surface area contributed by atoms with Crippen molar-refractivity contribution < 1.29 is 19.5 Å². The minimum absolute atomic E-state index is 0.0646. The quantitative estimate of drug-likeness (QED) is 0.560. The predicted octanol–water partition coefficient (Wildman–Crippen LogP) is 4.04. The van der Waals surface area contributed by atoms with Crippen LogP contribution in [0.25, 0.3) is 0 Å². The van der Waals surface area contributed by atoms with Gasteiger partial charge in [-0.15, -0.1) is 0 Å². The highest BCUT2D eigenvalue weighted by atomic mass is 16.4. The number of rotatable bonds is 6. The second kappa shape index (κ2) is 8.44. The van der Waals surface area contributed by atoms with Crippen LogP contribution in [0.4, 0.5) is 0 Å². The van der Waals surface area contributed by atoms with Gasteiger partial charge < -0.3 is 15.7 Å². The average Bonchev–Trinajstić information content (AvgIpc) is 2.89. The van der Waals surface area contributed by atoms with Crippen molar-refractivity contribution in [3.8, 4) is 0 Å². The minimum atomic E-state index is -1.09. The van der Waals surface area contributed by atoms with E-state index in [9.17, 15) is 19.5 Å². The van der Waals surface area contributed by atoms with Crippen LogP contribution < -0.4 is 10.6 Å². The van der Waals surface area contributed by atoms with Gasteiger partial charge in [0.05, 0.1) is 11.8 Å². The fraction of sp³-hybridized carbons (Fsp3) is 0.516. The van der Waals surface area contributed by atoms with Crippen molar-refractivity contribution in [2.45, 2.75) is 50.4 Å². The van der Waals surface area contributed by atoms with Gasteiger partial charge in [-0.3, -0.25) is 14.4 Å². The van der Waals surface area contributed by atoms with Crippen molar-refractivity contribution in [1.29, 1.82) is 0 Å². The largest absolute Gasteiger partial charge is 0.480 e. The zero-order valence-electron chi connectivity index (χ0n) is 21.0. The minimum Gasteiger partial charge on any atom is -0.480 e. The lowest BCUT2D eigenvalue weighted by atomic mass is 9.49. The monoisotopic (exact) mass is 498 g/mol. The molecule has 9 rings (SSSR count). The molecule has 0 aromatic heterocycles. The molecule has 2 aromatic carbocycles. The van der Waals surface area contributed by atoms with Crippen molar-refractivity contribution in [3.05, 3.63) is 70.8 Å². The smallest absolute Gasteiger partial charge is 0.322 e. The maximum absolute atomic E-state index is 14.1. The molecule has 192 valence electrons. The van der Waals surface area contributed by atoms with Gasteiger partial charge in [-0.05, 0) is 83.9 Å². The zero-order chi connectivity index (χ0) is 25.3. The Labute approximate surface area is 217 Å². The van der Waals surface area contributed by atoms with E-state index in [1.807, 2.05) is 24.3 Å². The number of amides is 2. The molecule has 37 heavy (non-hydrogen) atoms. The van der Waals surface area contributed by atoms with Crippen LogP contribution >= 0.6 is 0 Å². The third-order valence-corrected chi connectivity index (χ3v) is 10.3. The molecule has 2 atom stereocenters. The van der Waals surface area contributed by atoms with Crippen molar-refractivity contribution >= 4 is 17.8 Å². The Bertz CT molecular complexity index is 1200. The van der Waals surface area contributed by atoms with Crippen LogP contribution in [0.1, 0.15) is 72.6 Å². The molecule has 2 aromatic rings. The summed E-state index contributed by atoms with van der Waals surface area (Å²) in [7, 11) is 0. The van der Waals surface area contributed by atoms with E-state index in [1.165, 1.54) is 38.5 Å². The van der Waals surface area contributed by atoms with Crippen LogP contribution in [0, 0.1) is 35.0 Å². The average molecular weight is 499 g/mol. The topological polar surface area (TPSA) is 95.5 Å². The lowest BCUT2D eigenvalue weighted by Crippen LogP contribution is -2.56. The van der Waals surface area contributed by atoms with Gasteiger partial charge in [0.2, 0.25) is 11.8 Å². The molecule has 2 amide bonds. The Morgan fingerprint density at radius 3 is 1.51 bits per heavy atom. The Kier molecular flexibility index (Phi) is 5.24. The van der Waals surface area contributed by atoms with E-state index < -0.39 is 24.3 Å². The van der Waals surface area contributed by atoms with Crippen LogP contribution in [0.3, 0.4) is 0 Å². The molecular weight excluding hydrogens is 464 g/mol. The van der Waals surface area contributed by atoms with E-state index in [1.54, 1.807) is 0 Å². The molecule has 0 heterocycles. The van der Waals surface area contributed by atoms with Crippen molar-refractivity contribution in [3.63, 3.8) is 0 Å². The third-order valence-electron chi connectivity index (χ3n) is 10.3. The van der Waals surface area contributed by atoms with Crippen LogP contribution in [0.15, 0.2) is 48.5 Å². The normalized spacial score (nSPS) is 35.9. The molecule has 6 nitrogen and oxygen atoms in total. The summed E-state index contributed by atoms with van der Waals surface area (Å²) in [6, 6.07) is 16.3. The number of nitrogens with one attached hydrogen (secondary N) is 2. The van der Waals surface area contributed by atoms with Crippen molar-refractivity contribution in [2.75, 3.05) is 13.1 Å². The van der Waals surface area contributed by atoms with E-state index in [4.69, 9.17) is 0 Å². The fourth-order valence-corrected chi connectivity index (χ4v) is 9.49. The van der Waals surface area contributed by atoms with Gasteiger partial charge >= 0.3 is 5.97 Å². The molecule has 4 fully saturated rings. The molecule has 0 radical (unpaired) electrons. The number of carbonyl (C=O) groups is 3. The van der Waals surface area contributed by atoms with E-state index in [-0.39, 0.29) is 29.1 Å². The van der Waals surface area contributed by atoms with Gasteiger partial charge in [-0.25, -0.2) is 0 Å². The number of fused-ring (bicyclic) bond motifs is 1. The SMILES string of the molecule is O=C(O)CNC(=O)[C@@H]1C2c3ccccc3C(c3ccccc32)[C@@H]1C(=O)NCC12CC3CC(CC(C3)C1)C2. The number of aliphatic carboxylic acids is 1. The number of carboxylic acid groups (broad SMARTS) is 1. The first-order valence-corrected chi connectivity index (χ1v) is 13.9. The first-order valence-electron chi connectivity index (χ1n) is 13.9. The number of benzene rings is 2. The highest BCUT2D eigenvalue weighted by Gasteiger charge is 2.56. The lowest BCUT2D eigenvalue weighted by Gasteiger charge is -2.57. The summed E-state index contributed by atoms with van der Waals surface area (Å²) in [6.45, 7) is 0.244. The van der Waals surface area contributed by atoms with E-state index in [0.717, 1.165) is 40.0 Å². The highest BCUT2D eigenvalue weighted by molar-refractivity contribution is 5.93. The molecule has 6 bridgehead atoms. The third kappa shape index (κ3) is 3.63. The van der Waals surface area contributed by atoms with Gasteiger partial charge in [0, 0.05) is 18.4 Å². The molecular formula is C31H34N2O4. The van der Waals surface area contributed by atoms with Gasteiger partial charge in [-0.1, -0.05) is 48.5 Å². The molecule has 0 saturated heterocycles. The van der Waals surface area contributed by atoms with Crippen LogP contribution in [-0.4, -0.2) is 36.0 Å². The summed E-state index contributed by atoms with van der Waals surface area (Å²) >= 11 is 0. The molecule has 4 saturated carbocycles. The van der Waals surface area contributed by atoms with E-state index in [2.05, 4.69) is 34.9 Å². The van der Waals surface area contributed by atoms with Gasteiger partial charge in [-0.2, -0.15) is 0 Å². The Morgan fingerprint density at radius 2 is 1.11 bits per heavy atom. The van der Waals surface area contributed by atoms with Crippen LogP contribution in [0.2, 0.25) is 0 Å². The zero-order valence-corrected chi connectivity index (χ0v) is 21.0. The van der Waals surface area contributed by atoms with Crippen LogP contribution in [-0.2, 0) is 14.4 Å². The molecule has 0 aliphatic heterocycles. The molecule has 7 aliphatic carbocycles. The molecule has 7 aliphatic rings. The summed E-state index contributed by atoms with van der Waals surface area (Å²) in [5.41, 5.74) is 4.58. The highest BCUT2D eigenvalue weighted by Crippen LogP contribution is 2.61. The second-order valence-corrected chi connectivity index (χ2v) is 12.5. The summed E-state index contributed by atoms with van der Waals surface area (Å²) in [5, 5.41) is 15.2. The van der Waals surface area contributed by atoms with Gasteiger partial charge in [0.15, 0.2) is 0 Å². The fourth-order valence-electron chi connectivity index (χ4n) is 9.49. The van der Waals surface area contributed by atoms with E-state index in [0.29, 0.717) is 6.54 Å². The Hall–Kier alpha value is -3.15. The number of carbonyl (C=O) groups excluding carboxylic acids is 2. The van der Waals surface area contributed by atoms with Crippen LogP contribution in [0.5, 0.6) is 0 Å². The summed E-state index contributed by atoms with van der Waals surface area (Å²) < 4.78 is 0. The Balaban J connectivity index is 1.24. The lowest BCUT2D eigenvalue weighted by molar-refractivity contribution is -0.141. The standard InChI is InChI=1S/C31H34N2O4/c34-24(35)15-32-29(36)27-25-20-5-1-3-7-22(20)26(23-8-4-2-6-21(23)25)28(27)30(37)33-16-31-12-17-9-18(13-31)11-19(10-17)14-31/h1-8,17-19,25-28H,9-16H2,(H,32,36)(H,33,37)(H,34,35)/t17?,18?,19?,25?,26?,27-,28+,31?/m1/s1.